The van der Waals surface area contributed by atoms with Gasteiger partial charge in [0.25, 0.3) is 0 Å². The summed E-state index contributed by atoms with van der Waals surface area (Å²) in [6, 6.07) is 7.73. The molecule has 0 aliphatic rings. The minimum atomic E-state index is -3.57. The smallest absolute Gasteiger partial charge is 0.194 e. The van der Waals surface area contributed by atoms with Crippen LogP contribution in [-0.2, 0) is 9.84 Å². The normalized spacial score (nSPS) is 13.1. The Hall–Kier alpha value is -1.05. The Labute approximate surface area is 94.2 Å². The fraction of sp³-hybridized carbons (Fsp3) is 0.300. The molecule has 0 radical (unpaired) electrons. The van der Waals surface area contributed by atoms with E-state index in [1.807, 2.05) is 0 Å². The molecule has 0 fully saturated rings. The van der Waals surface area contributed by atoms with Gasteiger partial charge in [-0.1, -0.05) is 24.6 Å². The second-order valence-corrected chi connectivity index (χ2v) is 5.60. The number of nitriles is 1. The maximum absolute atomic E-state index is 11.9. The third kappa shape index (κ3) is 2.49. The van der Waals surface area contributed by atoms with Gasteiger partial charge in [0.1, 0.15) is 0 Å². The van der Waals surface area contributed by atoms with Crippen LogP contribution in [0.5, 0.6) is 0 Å². The second kappa shape index (κ2) is 4.65. The van der Waals surface area contributed by atoms with Gasteiger partial charge in [0.15, 0.2) is 15.1 Å². The van der Waals surface area contributed by atoms with Crippen molar-refractivity contribution >= 4 is 21.4 Å². The standard InChI is InChI=1S/C10H10ClNO2S/c1-2-9(7-12)15(13,14)10-5-3-4-8(11)6-10/h3-6,9H,2H2,1H3. The topological polar surface area (TPSA) is 57.9 Å². The van der Waals surface area contributed by atoms with Crippen LogP contribution in [0.4, 0.5) is 0 Å². The van der Waals surface area contributed by atoms with E-state index in [-0.39, 0.29) is 11.3 Å². The van der Waals surface area contributed by atoms with Crippen LogP contribution in [0.15, 0.2) is 29.2 Å². The highest BCUT2D eigenvalue weighted by atomic mass is 35.5. The highest BCUT2D eigenvalue weighted by Gasteiger charge is 2.25. The Morgan fingerprint density at radius 3 is 2.67 bits per heavy atom. The quantitative estimate of drug-likeness (QED) is 0.819. The van der Waals surface area contributed by atoms with Crippen LogP contribution in [0.2, 0.25) is 5.02 Å². The molecule has 0 spiro atoms. The van der Waals surface area contributed by atoms with E-state index < -0.39 is 15.1 Å². The summed E-state index contributed by atoms with van der Waals surface area (Å²) < 4.78 is 23.7. The third-order valence-electron chi connectivity index (χ3n) is 2.01. The summed E-state index contributed by atoms with van der Waals surface area (Å²) in [4.78, 5) is 0.100. The molecular weight excluding hydrogens is 234 g/mol. The Morgan fingerprint density at radius 2 is 2.20 bits per heavy atom. The van der Waals surface area contributed by atoms with Crippen molar-refractivity contribution in [2.45, 2.75) is 23.5 Å². The molecule has 1 rings (SSSR count). The summed E-state index contributed by atoms with van der Waals surface area (Å²) in [5.74, 6) is 0. The van der Waals surface area contributed by atoms with Gasteiger partial charge in [0.2, 0.25) is 0 Å². The van der Waals surface area contributed by atoms with E-state index in [1.54, 1.807) is 25.1 Å². The lowest BCUT2D eigenvalue weighted by atomic mass is 10.4. The third-order valence-corrected chi connectivity index (χ3v) is 4.35. The van der Waals surface area contributed by atoms with Gasteiger partial charge in [0.05, 0.1) is 11.0 Å². The van der Waals surface area contributed by atoms with Crippen molar-refractivity contribution in [3.8, 4) is 6.07 Å². The van der Waals surface area contributed by atoms with Crippen LogP contribution in [0, 0.1) is 11.3 Å². The fourth-order valence-corrected chi connectivity index (χ4v) is 2.91. The Morgan fingerprint density at radius 1 is 1.53 bits per heavy atom. The van der Waals surface area contributed by atoms with E-state index in [1.165, 1.54) is 12.1 Å². The lowest BCUT2D eigenvalue weighted by Gasteiger charge is -2.08. The first-order valence-corrected chi connectivity index (χ1v) is 6.34. The largest absolute Gasteiger partial charge is 0.222 e. The maximum Gasteiger partial charge on any atom is 0.194 e. The van der Waals surface area contributed by atoms with E-state index in [0.717, 1.165) is 0 Å². The second-order valence-electron chi connectivity index (χ2n) is 3.03. The zero-order valence-corrected chi connectivity index (χ0v) is 9.72. The van der Waals surface area contributed by atoms with Crippen molar-refractivity contribution < 1.29 is 8.42 Å². The predicted molar refractivity (Wildman–Crippen MR) is 58.3 cm³/mol. The average Bonchev–Trinajstić information content (AvgIpc) is 2.19. The minimum absolute atomic E-state index is 0.100. The number of hydrogen-bond acceptors (Lipinski definition) is 3. The summed E-state index contributed by atoms with van der Waals surface area (Å²) in [6.45, 7) is 1.66. The van der Waals surface area contributed by atoms with Crippen LogP contribution in [0.3, 0.4) is 0 Å². The van der Waals surface area contributed by atoms with Crippen molar-refractivity contribution in [1.29, 1.82) is 5.26 Å². The molecule has 0 heterocycles. The molecule has 1 atom stereocenters. The highest BCUT2D eigenvalue weighted by molar-refractivity contribution is 7.92. The Kier molecular flexibility index (Phi) is 3.72. The van der Waals surface area contributed by atoms with Gasteiger partial charge in [-0.05, 0) is 24.6 Å². The monoisotopic (exact) mass is 243 g/mol. The van der Waals surface area contributed by atoms with Crippen LogP contribution in [0.1, 0.15) is 13.3 Å². The number of nitrogens with zero attached hydrogens (tertiary/aromatic N) is 1. The lowest BCUT2D eigenvalue weighted by molar-refractivity contribution is 0.587. The highest BCUT2D eigenvalue weighted by Crippen LogP contribution is 2.21. The zero-order valence-electron chi connectivity index (χ0n) is 8.14. The predicted octanol–water partition coefficient (Wildman–Crippen LogP) is 2.42. The van der Waals surface area contributed by atoms with Gasteiger partial charge in [-0.15, -0.1) is 0 Å². The first kappa shape index (κ1) is 12.0. The van der Waals surface area contributed by atoms with Gasteiger partial charge >= 0.3 is 0 Å². The van der Waals surface area contributed by atoms with Crippen LogP contribution >= 0.6 is 11.6 Å². The lowest BCUT2D eigenvalue weighted by Crippen LogP contribution is -2.18. The van der Waals surface area contributed by atoms with E-state index in [4.69, 9.17) is 16.9 Å². The van der Waals surface area contributed by atoms with Crippen LogP contribution in [0.25, 0.3) is 0 Å². The van der Waals surface area contributed by atoms with Crippen molar-refractivity contribution in [3.63, 3.8) is 0 Å². The maximum atomic E-state index is 11.9. The SMILES string of the molecule is CCC(C#N)S(=O)(=O)c1cccc(Cl)c1. The number of hydrogen-bond donors (Lipinski definition) is 0. The number of sulfone groups is 1. The van der Waals surface area contributed by atoms with E-state index >= 15 is 0 Å². The summed E-state index contributed by atoms with van der Waals surface area (Å²) >= 11 is 5.69. The molecule has 3 nitrogen and oxygen atoms in total. The molecule has 1 aromatic carbocycles. The number of benzene rings is 1. The molecule has 0 N–H and O–H groups in total. The van der Waals surface area contributed by atoms with E-state index in [0.29, 0.717) is 5.02 Å². The molecule has 1 unspecified atom stereocenters. The molecule has 0 amide bonds. The summed E-state index contributed by atoms with van der Waals surface area (Å²) in [7, 11) is -3.57. The van der Waals surface area contributed by atoms with Crippen molar-refractivity contribution in [3.05, 3.63) is 29.3 Å². The van der Waals surface area contributed by atoms with E-state index in [9.17, 15) is 8.42 Å². The zero-order chi connectivity index (χ0) is 11.5. The molecule has 0 saturated carbocycles. The van der Waals surface area contributed by atoms with Gasteiger partial charge in [-0.3, -0.25) is 0 Å². The van der Waals surface area contributed by atoms with Crippen LogP contribution in [-0.4, -0.2) is 13.7 Å². The van der Waals surface area contributed by atoms with Crippen molar-refractivity contribution in [2.24, 2.45) is 0 Å². The minimum Gasteiger partial charge on any atom is -0.222 e. The molecule has 0 saturated heterocycles. The first-order chi connectivity index (χ1) is 7.02. The van der Waals surface area contributed by atoms with E-state index in [2.05, 4.69) is 0 Å². The molecule has 5 heteroatoms. The number of halogens is 1. The molecular formula is C10H10ClNO2S. The van der Waals surface area contributed by atoms with Gasteiger partial charge in [-0.2, -0.15) is 5.26 Å². The number of rotatable bonds is 3. The van der Waals surface area contributed by atoms with Gasteiger partial charge in [0, 0.05) is 5.02 Å². The van der Waals surface area contributed by atoms with Gasteiger partial charge in [-0.25, -0.2) is 8.42 Å². The molecule has 1 aromatic rings. The Balaban J connectivity index is 3.24. The van der Waals surface area contributed by atoms with Crippen molar-refractivity contribution in [1.82, 2.24) is 0 Å². The summed E-state index contributed by atoms with van der Waals surface area (Å²) in [6.07, 6.45) is 0.269. The molecule has 80 valence electrons. The summed E-state index contributed by atoms with van der Waals surface area (Å²) in [5, 5.41) is 8.08. The molecule has 0 aliphatic carbocycles. The van der Waals surface area contributed by atoms with Crippen LogP contribution < -0.4 is 0 Å². The van der Waals surface area contributed by atoms with Crippen molar-refractivity contribution in [2.75, 3.05) is 0 Å². The first-order valence-electron chi connectivity index (χ1n) is 4.41. The molecule has 0 aliphatic heterocycles. The molecule has 0 aromatic heterocycles. The Bertz CT molecular complexity index is 490. The molecule has 15 heavy (non-hydrogen) atoms. The molecule has 0 bridgehead atoms. The average molecular weight is 244 g/mol. The summed E-state index contributed by atoms with van der Waals surface area (Å²) in [5.41, 5.74) is 0. The fourth-order valence-electron chi connectivity index (χ4n) is 1.19. The van der Waals surface area contributed by atoms with Gasteiger partial charge < -0.3 is 0 Å².